The van der Waals surface area contributed by atoms with Gasteiger partial charge in [0.1, 0.15) is 4.90 Å². The van der Waals surface area contributed by atoms with E-state index in [9.17, 15) is 21.6 Å². The molecular weight excluding hydrogens is 305 g/mol. The molecule has 0 spiro atoms. The number of halogens is 3. The van der Waals surface area contributed by atoms with Crippen LogP contribution in [0.4, 0.5) is 18.9 Å². The molecule has 21 heavy (non-hydrogen) atoms. The van der Waals surface area contributed by atoms with E-state index in [1.165, 1.54) is 6.07 Å². The number of hydrogen-bond donors (Lipinski definition) is 2. The number of rotatable bonds is 4. The number of nitrogens with one attached hydrogen (secondary N) is 1. The Morgan fingerprint density at radius 3 is 2.33 bits per heavy atom. The predicted octanol–water partition coefficient (Wildman–Crippen LogP) is 2.36. The van der Waals surface area contributed by atoms with E-state index in [-0.39, 0.29) is 12.2 Å². The molecule has 0 aliphatic carbocycles. The molecule has 4 nitrogen and oxygen atoms in total. The van der Waals surface area contributed by atoms with Crippen molar-refractivity contribution in [2.45, 2.75) is 11.4 Å². The first kappa shape index (κ1) is 15.3. The van der Waals surface area contributed by atoms with E-state index in [1.54, 1.807) is 18.2 Å². The monoisotopic (exact) mass is 316 g/mol. The van der Waals surface area contributed by atoms with Crippen molar-refractivity contribution in [2.75, 3.05) is 4.72 Å². The Bertz CT molecular complexity index is 779. The SMILES string of the molecule is NCc1ccccc1NS(=O)(=O)c1ccc(F)c(F)c1F. The van der Waals surface area contributed by atoms with Crippen LogP contribution >= 0.6 is 0 Å². The second-order valence-electron chi connectivity index (χ2n) is 4.14. The zero-order chi connectivity index (χ0) is 15.6. The average molecular weight is 316 g/mol. The lowest BCUT2D eigenvalue weighted by Gasteiger charge is -2.12. The fourth-order valence-corrected chi connectivity index (χ4v) is 2.88. The normalized spacial score (nSPS) is 11.4. The van der Waals surface area contributed by atoms with Crippen LogP contribution < -0.4 is 10.5 Å². The molecule has 112 valence electrons. The van der Waals surface area contributed by atoms with Crippen LogP contribution in [0.25, 0.3) is 0 Å². The molecule has 0 saturated heterocycles. The third kappa shape index (κ3) is 3.01. The third-order valence-electron chi connectivity index (χ3n) is 2.77. The van der Waals surface area contributed by atoms with E-state index < -0.39 is 32.4 Å². The Morgan fingerprint density at radius 2 is 1.67 bits per heavy atom. The molecule has 0 fully saturated rings. The number of anilines is 1. The van der Waals surface area contributed by atoms with Gasteiger partial charge in [-0.25, -0.2) is 21.6 Å². The van der Waals surface area contributed by atoms with Crippen LogP contribution in [0, 0.1) is 17.5 Å². The fourth-order valence-electron chi connectivity index (χ4n) is 1.71. The quantitative estimate of drug-likeness (QED) is 0.851. The highest BCUT2D eigenvalue weighted by Gasteiger charge is 2.24. The molecule has 0 saturated carbocycles. The lowest BCUT2D eigenvalue weighted by molar-refractivity contribution is 0.432. The Labute approximate surface area is 119 Å². The Morgan fingerprint density at radius 1 is 1.00 bits per heavy atom. The van der Waals surface area contributed by atoms with Crippen LogP contribution in [0.2, 0.25) is 0 Å². The summed E-state index contributed by atoms with van der Waals surface area (Å²) in [7, 11) is -4.40. The van der Waals surface area contributed by atoms with Gasteiger partial charge >= 0.3 is 0 Å². The van der Waals surface area contributed by atoms with Gasteiger partial charge in [0, 0.05) is 6.54 Å². The van der Waals surface area contributed by atoms with Gasteiger partial charge in [-0.15, -0.1) is 0 Å². The molecule has 2 aromatic rings. The van der Waals surface area contributed by atoms with Crippen molar-refractivity contribution >= 4 is 15.7 Å². The van der Waals surface area contributed by atoms with Crippen molar-refractivity contribution in [2.24, 2.45) is 5.73 Å². The molecule has 0 amide bonds. The van der Waals surface area contributed by atoms with Crippen molar-refractivity contribution in [1.82, 2.24) is 0 Å². The van der Waals surface area contributed by atoms with Crippen LogP contribution in [-0.4, -0.2) is 8.42 Å². The fraction of sp³-hybridized carbons (Fsp3) is 0.0769. The lowest BCUT2D eigenvalue weighted by Crippen LogP contribution is -2.17. The van der Waals surface area contributed by atoms with Gasteiger partial charge in [0.25, 0.3) is 10.0 Å². The van der Waals surface area contributed by atoms with Crippen molar-refractivity contribution in [1.29, 1.82) is 0 Å². The minimum atomic E-state index is -4.40. The van der Waals surface area contributed by atoms with E-state index in [0.717, 1.165) is 0 Å². The van der Waals surface area contributed by atoms with Gasteiger partial charge in [0.15, 0.2) is 17.5 Å². The van der Waals surface area contributed by atoms with Crippen LogP contribution in [0.1, 0.15) is 5.56 Å². The molecular formula is C13H11F3N2O2S. The zero-order valence-corrected chi connectivity index (χ0v) is 11.4. The maximum absolute atomic E-state index is 13.6. The molecule has 2 aromatic carbocycles. The van der Waals surface area contributed by atoms with Gasteiger partial charge in [-0.2, -0.15) is 0 Å². The summed E-state index contributed by atoms with van der Waals surface area (Å²) in [5.41, 5.74) is 6.08. The third-order valence-corrected chi connectivity index (χ3v) is 4.15. The van der Waals surface area contributed by atoms with Gasteiger partial charge in [-0.1, -0.05) is 18.2 Å². The first-order chi connectivity index (χ1) is 9.86. The number of nitrogens with two attached hydrogens (primary N) is 1. The summed E-state index contributed by atoms with van der Waals surface area (Å²) < 4.78 is 65.8. The maximum Gasteiger partial charge on any atom is 0.264 e. The summed E-state index contributed by atoms with van der Waals surface area (Å²) in [5, 5.41) is 0. The number of benzene rings is 2. The van der Waals surface area contributed by atoms with Crippen molar-refractivity contribution in [3.05, 3.63) is 59.4 Å². The molecule has 3 N–H and O–H groups in total. The van der Waals surface area contributed by atoms with Crippen molar-refractivity contribution < 1.29 is 21.6 Å². The minimum absolute atomic E-state index is 0.0545. The summed E-state index contributed by atoms with van der Waals surface area (Å²) in [6.45, 7) is 0.0545. The smallest absolute Gasteiger partial charge is 0.264 e. The summed E-state index contributed by atoms with van der Waals surface area (Å²) >= 11 is 0. The average Bonchev–Trinajstić information content (AvgIpc) is 2.44. The van der Waals surface area contributed by atoms with Gasteiger partial charge in [-0.05, 0) is 23.8 Å². The van der Waals surface area contributed by atoms with E-state index >= 15 is 0 Å². The van der Waals surface area contributed by atoms with Crippen LogP contribution in [0.3, 0.4) is 0 Å². The van der Waals surface area contributed by atoms with Crippen molar-refractivity contribution in [3.63, 3.8) is 0 Å². The Kier molecular flexibility index (Phi) is 4.19. The summed E-state index contributed by atoms with van der Waals surface area (Å²) in [6, 6.07) is 7.41. The lowest BCUT2D eigenvalue weighted by atomic mass is 10.2. The molecule has 0 aliphatic heterocycles. The molecule has 0 aromatic heterocycles. The molecule has 0 unspecified atom stereocenters. The van der Waals surface area contributed by atoms with E-state index in [1.807, 2.05) is 0 Å². The summed E-state index contributed by atoms with van der Waals surface area (Å²) in [4.78, 5) is -0.978. The molecule has 0 aliphatic rings. The highest BCUT2D eigenvalue weighted by atomic mass is 32.2. The molecule has 0 radical (unpaired) electrons. The molecule has 2 rings (SSSR count). The number of hydrogen-bond acceptors (Lipinski definition) is 3. The van der Waals surface area contributed by atoms with Crippen LogP contribution in [-0.2, 0) is 16.6 Å². The largest absolute Gasteiger partial charge is 0.326 e. The highest BCUT2D eigenvalue weighted by Crippen LogP contribution is 2.23. The second kappa shape index (κ2) is 5.74. The summed E-state index contributed by atoms with van der Waals surface area (Å²) in [5.74, 6) is -5.08. The highest BCUT2D eigenvalue weighted by molar-refractivity contribution is 7.92. The zero-order valence-electron chi connectivity index (χ0n) is 10.6. The molecule has 0 heterocycles. The number of sulfonamides is 1. The first-order valence-corrected chi connectivity index (χ1v) is 7.29. The Hall–Kier alpha value is -2.06. The predicted molar refractivity (Wildman–Crippen MR) is 71.5 cm³/mol. The van der Waals surface area contributed by atoms with E-state index in [0.29, 0.717) is 17.7 Å². The maximum atomic E-state index is 13.6. The van der Waals surface area contributed by atoms with Gasteiger partial charge in [-0.3, -0.25) is 4.72 Å². The minimum Gasteiger partial charge on any atom is -0.326 e. The molecule has 8 heteroatoms. The molecule has 0 atom stereocenters. The van der Waals surface area contributed by atoms with E-state index in [4.69, 9.17) is 5.73 Å². The molecule has 0 bridgehead atoms. The second-order valence-corrected chi connectivity index (χ2v) is 5.79. The van der Waals surface area contributed by atoms with E-state index in [2.05, 4.69) is 4.72 Å². The van der Waals surface area contributed by atoms with Gasteiger partial charge in [0.2, 0.25) is 0 Å². The summed E-state index contributed by atoms with van der Waals surface area (Å²) in [6.07, 6.45) is 0. The van der Waals surface area contributed by atoms with Crippen molar-refractivity contribution in [3.8, 4) is 0 Å². The number of para-hydroxylation sites is 1. The first-order valence-electron chi connectivity index (χ1n) is 5.81. The van der Waals surface area contributed by atoms with Gasteiger partial charge in [0.05, 0.1) is 5.69 Å². The van der Waals surface area contributed by atoms with Crippen LogP contribution in [0.5, 0.6) is 0 Å². The standard InChI is InChI=1S/C13H11F3N2O2S/c14-9-5-6-11(13(16)12(9)15)21(19,20)18-10-4-2-1-3-8(10)7-17/h1-6,18H,7,17H2. The van der Waals surface area contributed by atoms with Gasteiger partial charge < -0.3 is 5.73 Å². The van der Waals surface area contributed by atoms with Crippen LogP contribution in [0.15, 0.2) is 41.3 Å². The topological polar surface area (TPSA) is 72.2 Å². The Balaban J connectivity index is 2.46.